The first-order valence-corrected chi connectivity index (χ1v) is 9.72. The highest BCUT2D eigenvalue weighted by atomic mass is 35.5. The van der Waals surface area contributed by atoms with E-state index in [4.69, 9.17) is 11.6 Å². The van der Waals surface area contributed by atoms with E-state index in [1.165, 1.54) is 24.1 Å². The van der Waals surface area contributed by atoms with Gasteiger partial charge < -0.3 is 9.47 Å². The van der Waals surface area contributed by atoms with Crippen LogP contribution in [0.25, 0.3) is 0 Å². The Morgan fingerprint density at radius 1 is 1.24 bits per heavy atom. The summed E-state index contributed by atoms with van der Waals surface area (Å²) in [6.07, 6.45) is 7.59. The van der Waals surface area contributed by atoms with Crippen LogP contribution in [0.1, 0.15) is 50.3 Å². The van der Waals surface area contributed by atoms with Crippen LogP contribution in [0.15, 0.2) is 42.6 Å². The van der Waals surface area contributed by atoms with Gasteiger partial charge in [-0.3, -0.25) is 4.79 Å². The van der Waals surface area contributed by atoms with Crippen molar-refractivity contribution in [1.29, 1.82) is 0 Å². The number of carbonyl (C=O) groups is 1. The molecule has 0 N–H and O–H groups in total. The molecule has 134 valence electrons. The van der Waals surface area contributed by atoms with Gasteiger partial charge in [-0.2, -0.15) is 0 Å². The van der Waals surface area contributed by atoms with Crippen molar-refractivity contribution in [2.24, 2.45) is 5.92 Å². The summed E-state index contributed by atoms with van der Waals surface area (Å²) in [4.78, 5) is 14.9. The highest BCUT2D eigenvalue weighted by Crippen LogP contribution is 2.27. The molecule has 1 aliphatic rings. The number of carbonyl (C=O) groups excluding carboxylic acids is 1. The van der Waals surface area contributed by atoms with Crippen molar-refractivity contribution in [1.82, 2.24) is 9.47 Å². The van der Waals surface area contributed by atoms with Gasteiger partial charge in [-0.25, -0.2) is 0 Å². The highest BCUT2D eigenvalue weighted by molar-refractivity contribution is 6.30. The highest BCUT2D eigenvalue weighted by Gasteiger charge is 2.27. The van der Waals surface area contributed by atoms with E-state index < -0.39 is 0 Å². The average Bonchev–Trinajstić information content (AvgIpc) is 3.26. The maximum absolute atomic E-state index is 12.9. The van der Waals surface area contributed by atoms with Crippen molar-refractivity contribution in [3.63, 3.8) is 0 Å². The van der Waals surface area contributed by atoms with Crippen molar-refractivity contribution in [3.8, 4) is 0 Å². The van der Waals surface area contributed by atoms with E-state index in [2.05, 4.69) is 40.8 Å². The van der Waals surface area contributed by atoms with E-state index in [1.807, 2.05) is 18.2 Å². The van der Waals surface area contributed by atoms with Crippen molar-refractivity contribution in [3.05, 3.63) is 58.9 Å². The van der Waals surface area contributed by atoms with Gasteiger partial charge in [0.25, 0.3) is 0 Å². The van der Waals surface area contributed by atoms with Gasteiger partial charge in [0.15, 0.2) is 0 Å². The Labute approximate surface area is 155 Å². The lowest BCUT2D eigenvalue weighted by molar-refractivity contribution is -0.136. The fourth-order valence-electron chi connectivity index (χ4n) is 3.74. The number of nitrogens with zero attached hydrogens (tertiary/aromatic N) is 2. The Morgan fingerprint density at radius 3 is 2.76 bits per heavy atom. The SMILES string of the molecule is CCCN(Cc1cccn1Cc1cccc(Cl)c1)C(=O)C1CCCC1. The zero-order chi connectivity index (χ0) is 17.6. The van der Waals surface area contributed by atoms with Gasteiger partial charge in [0.05, 0.1) is 6.54 Å². The number of benzene rings is 1. The van der Waals surface area contributed by atoms with Crippen LogP contribution in [-0.4, -0.2) is 21.9 Å². The van der Waals surface area contributed by atoms with Crippen molar-refractivity contribution >= 4 is 17.5 Å². The third kappa shape index (κ3) is 4.66. The summed E-state index contributed by atoms with van der Waals surface area (Å²) in [5.74, 6) is 0.581. The zero-order valence-electron chi connectivity index (χ0n) is 15.0. The van der Waals surface area contributed by atoms with E-state index in [9.17, 15) is 4.79 Å². The van der Waals surface area contributed by atoms with E-state index in [-0.39, 0.29) is 5.92 Å². The van der Waals surface area contributed by atoms with Crippen LogP contribution in [-0.2, 0) is 17.9 Å². The quantitative estimate of drug-likeness (QED) is 0.674. The van der Waals surface area contributed by atoms with E-state index >= 15 is 0 Å². The van der Waals surface area contributed by atoms with Crippen LogP contribution in [0.3, 0.4) is 0 Å². The second kappa shape index (κ2) is 8.57. The fraction of sp³-hybridized carbons (Fsp3) is 0.476. The van der Waals surface area contributed by atoms with Gasteiger partial charge in [0.1, 0.15) is 0 Å². The largest absolute Gasteiger partial charge is 0.345 e. The predicted molar refractivity (Wildman–Crippen MR) is 103 cm³/mol. The van der Waals surface area contributed by atoms with Crippen LogP contribution in [0, 0.1) is 5.92 Å². The van der Waals surface area contributed by atoms with Crippen LogP contribution in [0.5, 0.6) is 0 Å². The molecule has 4 heteroatoms. The minimum Gasteiger partial charge on any atom is -0.345 e. The average molecular weight is 359 g/mol. The molecular weight excluding hydrogens is 332 g/mol. The zero-order valence-corrected chi connectivity index (χ0v) is 15.7. The standard InChI is InChI=1S/C21H27ClN2O/c1-2-12-24(21(25)18-8-3-4-9-18)16-20-11-6-13-23(20)15-17-7-5-10-19(22)14-17/h5-7,10-11,13-14,18H,2-4,8-9,12,15-16H2,1H3. The number of rotatable bonds is 7. The molecule has 1 amide bonds. The minimum absolute atomic E-state index is 0.239. The normalized spacial score (nSPS) is 14.8. The van der Waals surface area contributed by atoms with Gasteiger partial charge in [-0.15, -0.1) is 0 Å². The lowest BCUT2D eigenvalue weighted by Crippen LogP contribution is -2.36. The van der Waals surface area contributed by atoms with E-state index in [0.717, 1.165) is 37.4 Å². The molecule has 0 aliphatic heterocycles. The smallest absolute Gasteiger partial charge is 0.226 e. The predicted octanol–water partition coefficient (Wildman–Crippen LogP) is 5.12. The Kier molecular flexibility index (Phi) is 6.19. The number of aromatic nitrogens is 1. The first-order chi connectivity index (χ1) is 12.2. The molecule has 25 heavy (non-hydrogen) atoms. The van der Waals surface area contributed by atoms with Gasteiger partial charge in [-0.05, 0) is 49.1 Å². The molecule has 2 aromatic rings. The first kappa shape index (κ1) is 18.1. The fourth-order valence-corrected chi connectivity index (χ4v) is 3.96. The summed E-state index contributed by atoms with van der Waals surface area (Å²) in [6.45, 7) is 4.44. The molecule has 1 heterocycles. The van der Waals surface area contributed by atoms with Crippen LogP contribution >= 0.6 is 11.6 Å². The summed E-state index contributed by atoms with van der Waals surface area (Å²) in [7, 11) is 0. The second-order valence-electron chi connectivity index (χ2n) is 7.00. The van der Waals surface area contributed by atoms with Gasteiger partial charge >= 0.3 is 0 Å². The molecule has 1 fully saturated rings. The first-order valence-electron chi connectivity index (χ1n) is 9.34. The molecule has 3 nitrogen and oxygen atoms in total. The topological polar surface area (TPSA) is 25.2 Å². The number of halogens is 1. The number of amides is 1. The Balaban J connectivity index is 1.72. The van der Waals surface area contributed by atoms with Crippen molar-refractivity contribution in [2.45, 2.75) is 52.1 Å². The summed E-state index contributed by atoms with van der Waals surface area (Å²) >= 11 is 6.10. The molecule has 1 aromatic carbocycles. The molecule has 1 aromatic heterocycles. The second-order valence-corrected chi connectivity index (χ2v) is 7.43. The molecule has 0 unspecified atom stereocenters. The lowest BCUT2D eigenvalue weighted by atomic mass is 10.1. The lowest BCUT2D eigenvalue weighted by Gasteiger charge is -2.26. The van der Waals surface area contributed by atoms with E-state index in [1.54, 1.807) is 0 Å². The third-order valence-electron chi connectivity index (χ3n) is 5.03. The van der Waals surface area contributed by atoms with E-state index in [0.29, 0.717) is 12.5 Å². The van der Waals surface area contributed by atoms with Gasteiger partial charge in [0.2, 0.25) is 5.91 Å². The molecular formula is C21H27ClN2O. The molecule has 0 radical (unpaired) electrons. The molecule has 1 aliphatic carbocycles. The molecule has 0 saturated heterocycles. The van der Waals surface area contributed by atoms with Crippen LogP contribution in [0.2, 0.25) is 5.02 Å². The molecule has 0 atom stereocenters. The summed E-state index contributed by atoms with van der Waals surface area (Å²) in [6, 6.07) is 12.1. The van der Waals surface area contributed by atoms with Crippen molar-refractivity contribution in [2.75, 3.05) is 6.54 Å². The Morgan fingerprint density at radius 2 is 2.04 bits per heavy atom. The maximum Gasteiger partial charge on any atom is 0.226 e. The Bertz CT molecular complexity index is 703. The third-order valence-corrected chi connectivity index (χ3v) is 5.26. The number of hydrogen-bond acceptors (Lipinski definition) is 1. The monoisotopic (exact) mass is 358 g/mol. The molecule has 0 bridgehead atoms. The Hall–Kier alpha value is -1.74. The summed E-state index contributed by atoms with van der Waals surface area (Å²) in [5, 5.41) is 0.759. The minimum atomic E-state index is 0.239. The molecule has 3 rings (SSSR count). The van der Waals surface area contributed by atoms with Crippen molar-refractivity contribution < 1.29 is 4.79 Å². The molecule has 0 spiro atoms. The van der Waals surface area contributed by atoms with Crippen LogP contribution < -0.4 is 0 Å². The summed E-state index contributed by atoms with van der Waals surface area (Å²) in [5.41, 5.74) is 2.36. The summed E-state index contributed by atoms with van der Waals surface area (Å²) < 4.78 is 2.22. The number of hydrogen-bond donors (Lipinski definition) is 0. The van der Waals surface area contributed by atoms with Crippen LogP contribution in [0.4, 0.5) is 0 Å². The van der Waals surface area contributed by atoms with Gasteiger partial charge in [-0.1, -0.05) is 43.5 Å². The maximum atomic E-state index is 12.9. The molecule has 1 saturated carbocycles. The van der Waals surface area contributed by atoms with Gasteiger partial charge in [0, 0.05) is 35.9 Å².